The lowest BCUT2D eigenvalue weighted by molar-refractivity contribution is 0.586. The van der Waals surface area contributed by atoms with Gasteiger partial charge in [0.15, 0.2) is 0 Å². The Kier molecular flexibility index (Phi) is 2.94. The van der Waals surface area contributed by atoms with E-state index in [2.05, 4.69) is 20.8 Å². The molecule has 0 aromatic heterocycles. The molecule has 1 rings (SSSR count). The van der Waals surface area contributed by atoms with Gasteiger partial charge in [-0.25, -0.2) is 0 Å². The molecule has 2 heteroatoms. The van der Waals surface area contributed by atoms with Gasteiger partial charge >= 0.3 is 0 Å². The molecule has 0 spiro atoms. The topological polar surface area (TPSA) is 0 Å². The Hall–Kier alpha value is -0.200. The van der Waals surface area contributed by atoms with Gasteiger partial charge in [-0.05, 0) is 29.5 Å². The summed E-state index contributed by atoms with van der Waals surface area (Å²) in [7, 11) is 0. The minimum atomic E-state index is 0.123. The molecule has 1 aromatic carbocycles. The van der Waals surface area contributed by atoms with E-state index >= 15 is 0 Å². The Bertz CT molecular complexity index is 322. The molecular weight excluding hydrogens is 203 g/mol. The molecule has 72 valence electrons. The second-order valence-corrected chi connectivity index (χ2v) is 5.07. The minimum Gasteiger partial charge on any atom is -0.0827 e. The van der Waals surface area contributed by atoms with Crippen LogP contribution in [0.15, 0.2) is 12.1 Å². The van der Waals surface area contributed by atoms with Crippen molar-refractivity contribution >= 4 is 23.2 Å². The van der Waals surface area contributed by atoms with Crippen LogP contribution < -0.4 is 0 Å². The van der Waals surface area contributed by atoms with Crippen molar-refractivity contribution < 1.29 is 0 Å². The Morgan fingerprint density at radius 1 is 1.08 bits per heavy atom. The van der Waals surface area contributed by atoms with Gasteiger partial charge in [0.1, 0.15) is 0 Å². The number of halogens is 2. The summed E-state index contributed by atoms with van der Waals surface area (Å²) in [6, 6.07) is 3.90. The number of hydrogen-bond donors (Lipinski definition) is 0. The predicted molar refractivity (Wildman–Crippen MR) is 59.9 cm³/mol. The van der Waals surface area contributed by atoms with E-state index in [1.54, 1.807) is 0 Å². The number of rotatable bonds is 0. The average molecular weight is 217 g/mol. The van der Waals surface area contributed by atoms with Gasteiger partial charge in [0.2, 0.25) is 0 Å². The molecule has 0 aliphatic rings. The predicted octanol–water partition coefficient (Wildman–Crippen LogP) is 4.60. The summed E-state index contributed by atoms with van der Waals surface area (Å²) in [6.07, 6.45) is 0. The van der Waals surface area contributed by atoms with Crippen LogP contribution in [0.3, 0.4) is 0 Å². The van der Waals surface area contributed by atoms with Gasteiger partial charge in [-0.3, -0.25) is 0 Å². The second-order valence-electron chi connectivity index (χ2n) is 4.28. The SMILES string of the molecule is Cc1c(C(C)(C)C)ccc(Cl)c1Cl. The molecule has 1 aromatic rings. The van der Waals surface area contributed by atoms with Gasteiger partial charge in [0.05, 0.1) is 10.0 Å². The van der Waals surface area contributed by atoms with E-state index in [-0.39, 0.29) is 5.41 Å². The van der Waals surface area contributed by atoms with Crippen LogP contribution in [0.25, 0.3) is 0 Å². The highest BCUT2D eigenvalue weighted by Gasteiger charge is 2.18. The third kappa shape index (κ3) is 2.18. The first kappa shape index (κ1) is 10.9. The lowest BCUT2D eigenvalue weighted by Gasteiger charge is -2.22. The molecule has 0 aliphatic carbocycles. The third-order valence-electron chi connectivity index (χ3n) is 2.15. The fourth-order valence-corrected chi connectivity index (χ4v) is 1.83. The first-order chi connectivity index (χ1) is 5.84. The summed E-state index contributed by atoms with van der Waals surface area (Å²) in [5, 5.41) is 1.31. The van der Waals surface area contributed by atoms with Crippen molar-refractivity contribution in [1.82, 2.24) is 0 Å². The Morgan fingerprint density at radius 3 is 2.08 bits per heavy atom. The van der Waals surface area contributed by atoms with Crippen LogP contribution >= 0.6 is 23.2 Å². The molecule has 0 atom stereocenters. The first-order valence-electron chi connectivity index (χ1n) is 4.29. The van der Waals surface area contributed by atoms with Gasteiger partial charge in [-0.1, -0.05) is 50.0 Å². The molecule has 0 N–H and O–H groups in total. The zero-order chi connectivity index (χ0) is 10.2. The molecule has 0 nitrogen and oxygen atoms in total. The molecule has 0 radical (unpaired) electrons. The van der Waals surface area contributed by atoms with Crippen LogP contribution in [-0.2, 0) is 5.41 Å². The lowest BCUT2D eigenvalue weighted by Crippen LogP contribution is -2.13. The number of benzene rings is 1. The third-order valence-corrected chi connectivity index (χ3v) is 3.05. The smallest absolute Gasteiger partial charge is 0.0624 e. The molecule has 0 bridgehead atoms. The Morgan fingerprint density at radius 2 is 1.62 bits per heavy atom. The van der Waals surface area contributed by atoms with E-state index in [4.69, 9.17) is 23.2 Å². The van der Waals surface area contributed by atoms with E-state index < -0.39 is 0 Å². The van der Waals surface area contributed by atoms with Gasteiger partial charge < -0.3 is 0 Å². The first-order valence-corrected chi connectivity index (χ1v) is 5.04. The largest absolute Gasteiger partial charge is 0.0827 e. The van der Waals surface area contributed by atoms with Crippen LogP contribution in [0.1, 0.15) is 31.9 Å². The summed E-state index contributed by atoms with van der Waals surface area (Å²) in [5.74, 6) is 0. The maximum atomic E-state index is 6.06. The molecular formula is C11H14Cl2. The van der Waals surface area contributed by atoms with Crippen molar-refractivity contribution in [2.75, 3.05) is 0 Å². The normalized spacial score (nSPS) is 11.8. The highest BCUT2D eigenvalue weighted by molar-refractivity contribution is 6.42. The van der Waals surface area contributed by atoms with Crippen LogP contribution in [0.2, 0.25) is 10.0 Å². The molecule has 0 saturated carbocycles. The standard InChI is InChI=1S/C11H14Cl2/c1-7-8(11(2,3)4)5-6-9(12)10(7)13/h5-6H,1-4H3. The zero-order valence-electron chi connectivity index (χ0n) is 8.41. The molecule has 0 unspecified atom stereocenters. The van der Waals surface area contributed by atoms with Crippen molar-refractivity contribution in [3.8, 4) is 0 Å². The van der Waals surface area contributed by atoms with E-state index in [1.165, 1.54) is 5.56 Å². The maximum Gasteiger partial charge on any atom is 0.0624 e. The van der Waals surface area contributed by atoms with Crippen molar-refractivity contribution in [2.45, 2.75) is 33.1 Å². The van der Waals surface area contributed by atoms with E-state index in [0.717, 1.165) is 5.56 Å². The summed E-state index contributed by atoms with van der Waals surface area (Å²) in [4.78, 5) is 0. The summed E-state index contributed by atoms with van der Waals surface area (Å²) >= 11 is 12.0. The van der Waals surface area contributed by atoms with Gasteiger partial charge in [0, 0.05) is 0 Å². The van der Waals surface area contributed by atoms with E-state index in [1.807, 2.05) is 19.1 Å². The minimum absolute atomic E-state index is 0.123. The van der Waals surface area contributed by atoms with Crippen LogP contribution in [0.4, 0.5) is 0 Å². The summed E-state index contributed by atoms with van der Waals surface area (Å²) in [5.41, 5.74) is 2.46. The molecule has 0 fully saturated rings. The Balaban J connectivity index is 3.35. The summed E-state index contributed by atoms with van der Waals surface area (Å²) < 4.78 is 0. The number of hydrogen-bond acceptors (Lipinski definition) is 0. The van der Waals surface area contributed by atoms with E-state index in [0.29, 0.717) is 10.0 Å². The van der Waals surface area contributed by atoms with Gasteiger partial charge in [-0.2, -0.15) is 0 Å². The fraction of sp³-hybridized carbons (Fsp3) is 0.455. The highest BCUT2D eigenvalue weighted by atomic mass is 35.5. The van der Waals surface area contributed by atoms with E-state index in [9.17, 15) is 0 Å². The van der Waals surface area contributed by atoms with Crippen LogP contribution in [-0.4, -0.2) is 0 Å². The molecule has 0 amide bonds. The van der Waals surface area contributed by atoms with Gasteiger partial charge in [0.25, 0.3) is 0 Å². The molecule has 0 aliphatic heterocycles. The molecule has 0 heterocycles. The summed E-state index contributed by atoms with van der Waals surface area (Å²) in [6.45, 7) is 8.51. The highest BCUT2D eigenvalue weighted by Crippen LogP contribution is 2.33. The Labute approximate surface area is 89.9 Å². The lowest BCUT2D eigenvalue weighted by atomic mass is 9.84. The van der Waals surface area contributed by atoms with Crippen LogP contribution in [0.5, 0.6) is 0 Å². The van der Waals surface area contributed by atoms with Gasteiger partial charge in [-0.15, -0.1) is 0 Å². The molecule has 0 saturated heterocycles. The average Bonchev–Trinajstić information content (AvgIpc) is 1.98. The maximum absolute atomic E-state index is 6.06. The van der Waals surface area contributed by atoms with Crippen molar-refractivity contribution in [2.24, 2.45) is 0 Å². The van der Waals surface area contributed by atoms with Crippen molar-refractivity contribution in [1.29, 1.82) is 0 Å². The second kappa shape index (κ2) is 3.51. The van der Waals surface area contributed by atoms with Crippen molar-refractivity contribution in [3.63, 3.8) is 0 Å². The fourth-order valence-electron chi connectivity index (χ4n) is 1.46. The monoisotopic (exact) mass is 216 g/mol. The quantitative estimate of drug-likeness (QED) is 0.595. The van der Waals surface area contributed by atoms with Crippen molar-refractivity contribution in [3.05, 3.63) is 33.3 Å². The molecule has 13 heavy (non-hydrogen) atoms. The van der Waals surface area contributed by atoms with Crippen LogP contribution in [0, 0.1) is 6.92 Å². The zero-order valence-corrected chi connectivity index (χ0v) is 9.92.